The molecule has 0 N–H and O–H groups in total. The lowest BCUT2D eigenvalue weighted by Crippen LogP contribution is -2.00. The van der Waals surface area contributed by atoms with Gasteiger partial charge in [0, 0.05) is 12.5 Å². The van der Waals surface area contributed by atoms with Crippen LogP contribution in [-0.4, -0.2) is 16.1 Å². The van der Waals surface area contributed by atoms with E-state index in [1.54, 1.807) is 25.1 Å². The van der Waals surface area contributed by atoms with Gasteiger partial charge in [-0.2, -0.15) is 0 Å². The second kappa shape index (κ2) is 3.53. The van der Waals surface area contributed by atoms with Crippen LogP contribution in [0.3, 0.4) is 0 Å². The Morgan fingerprint density at radius 2 is 2.36 bits per heavy atom. The van der Waals surface area contributed by atoms with Gasteiger partial charge in [-0.05, 0) is 12.1 Å². The van der Waals surface area contributed by atoms with Crippen molar-refractivity contribution in [2.24, 2.45) is 0 Å². The molecule has 1 heterocycles. The van der Waals surface area contributed by atoms with E-state index < -0.39 is 0 Å². The number of aryl methyl sites for hydroxylation is 1. The molecule has 0 amide bonds. The van der Waals surface area contributed by atoms with Gasteiger partial charge in [0.2, 0.25) is 0 Å². The van der Waals surface area contributed by atoms with E-state index in [2.05, 4.69) is 20.9 Å². The first kappa shape index (κ1) is 9.40. The summed E-state index contributed by atoms with van der Waals surface area (Å²) < 4.78 is 5.32. The summed E-state index contributed by atoms with van der Waals surface area (Å²) in [6.07, 6.45) is 0. The van der Waals surface area contributed by atoms with E-state index in [-0.39, 0.29) is 5.78 Å². The highest BCUT2D eigenvalue weighted by molar-refractivity contribution is 9.09. The monoisotopic (exact) mass is 253 g/mol. The van der Waals surface area contributed by atoms with Crippen molar-refractivity contribution in [1.82, 2.24) is 4.98 Å². The van der Waals surface area contributed by atoms with Crippen molar-refractivity contribution in [3.05, 3.63) is 29.7 Å². The highest BCUT2D eigenvalue weighted by Crippen LogP contribution is 2.19. The highest BCUT2D eigenvalue weighted by Gasteiger charge is 2.12. The Bertz CT molecular complexity index is 490. The molecule has 0 spiro atoms. The van der Waals surface area contributed by atoms with E-state index in [4.69, 9.17) is 4.42 Å². The zero-order valence-corrected chi connectivity index (χ0v) is 9.17. The smallest absolute Gasteiger partial charge is 0.192 e. The Morgan fingerprint density at radius 1 is 1.57 bits per heavy atom. The second-order valence-electron chi connectivity index (χ2n) is 2.94. The molecular formula is C10H8BrNO2. The highest BCUT2D eigenvalue weighted by atomic mass is 79.9. The Hall–Kier alpha value is -1.16. The van der Waals surface area contributed by atoms with Gasteiger partial charge in [-0.3, -0.25) is 4.79 Å². The molecule has 2 aromatic rings. The number of aromatic nitrogens is 1. The molecule has 0 aliphatic rings. The summed E-state index contributed by atoms with van der Waals surface area (Å²) in [6, 6.07) is 5.36. The largest absolute Gasteiger partial charge is 0.441 e. The van der Waals surface area contributed by atoms with Crippen molar-refractivity contribution in [3.8, 4) is 0 Å². The summed E-state index contributed by atoms with van der Waals surface area (Å²) >= 11 is 3.14. The molecule has 2 rings (SSSR count). The average molecular weight is 254 g/mol. The van der Waals surface area contributed by atoms with Crippen molar-refractivity contribution in [3.63, 3.8) is 0 Å². The number of benzene rings is 1. The van der Waals surface area contributed by atoms with Crippen molar-refractivity contribution in [2.45, 2.75) is 6.92 Å². The van der Waals surface area contributed by atoms with Crippen LogP contribution >= 0.6 is 15.9 Å². The number of halogens is 1. The molecule has 0 aliphatic carbocycles. The lowest BCUT2D eigenvalue weighted by atomic mass is 10.1. The van der Waals surface area contributed by atoms with Crippen molar-refractivity contribution in [2.75, 3.05) is 5.33 Å². The van der Waals surface area contributed by atoms with E-state index in [9.17, 15) is 4.79 Å². The summed E-state index contributed by atoms with van der Waals surface area (Å²) in [5.41, 5.74) is 1.92. The quantitative estimate of drug-likeness (QED) is 0.611. The number of ketones is 1. The Morgan fingerprint density at radius 3 is 3.07 bits per heavy atom. The summed E-state index contributed by atoms with van der Waals surface area (Å²) in [7, 11) is 0. The molecular weight excluding hydrogens is 246 g/mol. The molecule has 0 bridgehead atoms. The lowest BCUT2D eigenvalue weighted by molar-refractivity contribution is 0.102. The third-order valence-corrected chi connectivity index (χ3v) is 2.46. The molecule has 0 atom stereocenters. The molecule has 0 saturated carbocycles. The molecule has 1 aromatic carbocycles. The van der Waals surface area contributed by atoms with E-state index >= 15 is 0 Å². The molecule has 0 saturated heterocycles. The normalized spacial score (nSPS) is 10.7. The summed E-state index contributed by atoms with van der Waals surface area (Å²) in [6.45, 7) is 1.77. The summed E-state index contributed by atoms with van der Waals surface area (Å²) in [5, 5.41) is 0.304. The fourth-order valence-corrected chi connectivity index (χ4v) is 1.66. The second-order valence-corrected chi connectivity index (χ2v) is 3.50. The third-order valence-electron chi connectivity index (χ3n) is 1.95. The predicted octanol–water partition coefficient (Wildman–Crippen LogP) is 2.71. The Labute approximate surface area is 89.3 Å². The molecule has 4 heteroatoms. The average Bonchev–Trinajstić information content (AvgIpc) is 2.56. The summed E-state index contributed by atoms with van der Waals surface area (Å²) in [4.78, 5) is 15.7. The Balaban J connectivity index is 2.70. The number of carbonyl (C=O) groups is 1. The van der Waals surface area contributed by atoms with Crippen LogP contribution in [0.15, 0.2) is 22.6 Å². The number of nitrogens with zero attached hydrogens (tertiary/aromatic N) is 1. The van der Waals surface area contributed by atoms with Gasteiger partial charge in [-0.1, -0.05) is 22.0 Å². The molecule has 0 radical (unpaired) electrons. The number of hydrogen-bond acceptors (Lipinski definition) is 3. The number of para-hydroxylation sites is 1. The number of alkyl halides is 1. The first-order valence-corrected chi connectivity index (χ1v) is 5.30. The van der Waals surface area contributed by atoms with Gasteiger partial charge >= 0.3 is 0 Å². The fraction of sp³-hybridized carbons (Fsp3) is 0.200. The predicted molar refractivity (Wildman–Crippen MR) is 56.9 cm³/mol. The van der Waals surface area contributed by atoms with E-state index in [0.717, 1.165) is 0 Å². The zero-order chi connectivity index (χ0) is 10.1. The summed E-state index contributed by atoms with van der Waals surface area (Å²) in [5.74, 6) is 0.596. The molecule has 1 aromatic heterocycles. The standard InChI is InChI=1S/C10H8BrNO2/c1-6-12-10-7(8(13)5-11)3-2-4-9(10)14-6/h2-4H,5H2,1H3. The van der Waals surface area contributed by atoms with E-state index in [1.165, 1.54) is 0 Å². The van der Waals surface area contributed by atoms with Crippen LogP contribution in [-0.2, 0) is 0 Å². The molecule has 0 aliphatic heterocycles. The van der Waals surface area contributed by atoms with Crippen LogP contribution in [0.4, 0.5) is 0 Å². The van der Waals surface area contributed by atoms with Gasteiger partial charge < -0.3 is 4.42 Å². The minimum absolute atomic E-state index is 0.0175. The van der Waals surface area contributed by atoms with Crippen LogP contribution in [0.2, 0.25) is 0 Å². The minimum atomic E-state index is 0.0175. The van der Waals surface area contributed by atoms with Gasteiger partial charge in [0.05, 0.1) is 5.33 Å². The number of fused-ring (bicyclic) bond motifs is 1. The van der Waals surface area contributed by atoms with Crippen molar-refractivity contribution in [1.29, 1.82) is 0 Å². The molecule has 72 valence electrons. The third kappa shape index (κ3) is 1.46. The number of rotatable bonds is 2. The maximum Gasteiger partial charge on any atom is 0.192 e. The number of hydrogen-bond donors (Lipinski definition) is 0. The van der Waals surface area contributed by atoms with Crippen LogP contribution < -0.4 is 0 Å². The first-order valence-electron chi connectivity index (χ1n) is 4.17. The van der Waals surface area contributed by atoms with Crippen LogP contribution in [0, 0.1) is 6.92 Å². The van der Waals surface area contributed by atoms with Gasteiger partial charge in [-0.25, -0.2) is 4.98 Å². The maximum atomic E-state index is 11.5. The number of carbonyl (C=O) groups excluding carboxylic acids is 1. The Kier molecular flexibility index (Phi) is 2.37. The van der Waals surface area contributed by atoms with E-state index in [1.807, 2.05) is 0 Å². The SMILES string of the molecule is Cc1nc2c(C(=O)CBr)cccc2o1. The topological polar surface area (TPSA) is 43.1 Å². The number of Topliss-reactive ketones (excluding diaryl/α,β-unsaturated/α-hetero) is 1. The van der Waals surface area contributed by atoms with Crippen LogP contribution in [0.1, 0.15) is 16.2 Å². The van der Waals surface area contributed by atoms with Crippen molar-refractivity contribution < 1.29 is 9.21 Å². The molecule has 0 unspecified atom stereocenters. The lowest BCUT2D eigenvalue weighted by Gasteiger charge is -1.95. The first-order chi connectivity index (χ1) is 6.72. The molecule has 0 fully saturated rings. The number of oxazole rings is 1. The van der Waals surface area contributed by atoms with Gasteiger partial charge in [0.1, 0.15) is 5.52 Å². The van der Waals surface area contributed by atoms with Gasteiger partial charge in [0.15, 0.2) is 17.3 Å². The fourth-order valence-electron chi connectivity index (χ4n) is 1.36. The van der Waals surface area contributed by atoms with Crippen LogP contribution in [0.5, 0.6) is 0 Å². The van der Waals surface area contributed by atoms with Gasteiger partial charge in [-0.15, -0.1) is 0 Å². The van der Waals surface area contributed by atoms with Crippen molar-refractivity contribution >= 4 is 32.8 Å². The van der Waals surface area contributed by atoms with Crippen LogP contribution in [0.25, 0.3) is 11.1 Å². The maximum absolute atomic E-state index is 11.5. The van der Waals surface area contributed by atoms with Gasteiger partial charge in [0.25, 0.3) is 0 Å². The zero-order valence-electron chi connectivity index (χ0n) is 7.58. The molecule has 14 heavy (non-hydrogen) atoms. The molecule has 3 nitrogen and oxygen atoms in total. The van der Waals surface area contributed by atoms with E-state index in [0.29, 0.717) is 27.9 Å². The minimum Gasteiger partial charge on any atom is -0.441 e.